The van der Waals surface area contributed by atoms with Crippen molar-refractivity contribution < 1.29 is 14.6 Å². The van der Waals surface area contributed by atoms with E-state index in [4.69, 9.17) is 9.84 Å². The molecule has 88 valence electrons. The van der Waals surface area contributed by atoms with Gasteiger partial charge in [-0.3, -0.25) is 4.68 Å². The van der Waals surface area contributed by atoms with Crippen LogP contribution in [0.4, 0.5) is 0 Å². The van der Waals surface area contributed by atoms with Gasteiger partial charge in [0.15, 0.2) is 0 Å². The number of carboxylic acid groups (broad SMARTS) is 1. The van der Waals surface area contributed by atoms with Crippen molar-refractivity contribution in [2.24, 2.45) is 7.05 Å². The molecule has 0 atom stereocenters. The minimum absolute atomic E-state index is 0.170. The van der Waals surface area contributed by atoms with Crippen LogP contribution in [0, 0.1) is 0 Å². The number of ether oxygens (including phenoxy) is 1. The van der Waals surface area contributed by atoms with Crippen LogP contribution in [-0.2, 0) is 13.7 Å². The molecule has 1 heterocycles. The number of para-hydroxylation sites is 1. The van der Waals surface area contributed by atoms with Crippen molar-refractivity contribution in [2.75, 3.05) is 0 Å². The number of aromatic nitrogens is 2. The Bertz CT molecular complexity index is 520. The molecule has 5 nitrogen and oxygen atoms in total. The van der Waals surface area contributed by atoms with Crippen LogP contribution in [0.15, 0.2) is 36.5 Å². The lowest BCUT2D eigenvalue weighted by Gasteiger charge is -2.07. The first-order chi connectivity index (χ1) is 8.18. The predicted octanol–water partition coefficient (Wildman–Crippen LogP) is 1.70. The zero-order valence-electron chi connectivity index (χ0n) is 9.33. The maximum atomic E-state index is 10.9. The Morgan fingerprint density at radius 1 is 1.41 bits per heavy atom. The molecular formula is C12H12N2O3. The summed E-state index contributed by atoms with van der Waals surface area (Å²) < 4.78 is 7.00. The first-order valence-corrected chi connectivity index (χ1v) is 5.10. The van der Waals surface area contributed by atoms with Gasteiger partial charge in [-0.25, -0.2) is 4.79 Å². The zero-order chi connectivity index (χ0) is 12.3. The molecule has 2 rings (SSSR count). The fourth-order valence-electron chi connectivity index (χ4n) is 1.48. The van der Waals surface area contributed by atoms with Crippen molar-refractivity contribution in [3.8, 4) is 5.75 Å². The molecule has 0 aliphatic rings. The van der Waals surface area contributed by atoms with Crippen LogP contribution < -0.4 is 4.74 Å². The van der Waals surface area contributed by atoms with Gasteiger partial charge < -0.3 is 9.84 Å². The Kier molecular flexibility index (Phi) is 3.09. The summed E-state index contributed by atoms with van der Waals surface area (Å²) in [6.45, 7) is 0.183. The molecule has 0 bridgehead atoms. The number of nitrogens with zero attached hydrogens (tertiary/aromatic N) is 2. The van der Waals surface area contributed by atoms with Gasteiger partial charge in [0.2, 0.25) is 0 Å². The van der Waals surface area contributed by atoms with Crippen LogP contribution in [0.2, 0.25) is 0 Å². The quantitative estimate of drug-likeness (QED) is 0.871. The molecule has 1 aromatic heterocycles. The average Bonchev–Trinajstić information content (AvgIpc) is 2.69. The standard InChI is InChI=1S/C12H12N2O3/c1-14-11(10(7-13-14)12(15)16)8-17-9-5-3-2-4-6-9/h2-7H,8H2,1H3,(H,15,16). The van der Waals surface area contributed by atoms with Crippen molar-refractivity contribution in [1.82, 2.24) is 9.78 Å². The van der Waals surface area contributed by atoms with Crippen LogP contribution in [0.3, 0.4) is 0 Å². The molecule has 0 saturated carbocycles. The monoisotopic (exact) mass is 232 g/mol. The minimum Gasteiger partial charge on any atom is -0.487 e. The Balaban J connectivity index is 2.14. The summed E-state index contributed by atoms with van der Waals surface area (Å²) in [5.74, 6) is -0.296. The van der Waals surface area contributed by atoms with E-state index in [2.05, 4.69) is 5.10 Å². The molecule has 0 fully saturated rings. The van der Waals surface area contributed by atoms with E-state index in [-0.39, 0.29) is 12.2 Å². The number of carbonyl (C=O) groups is 1. The molecule has 17 heavy (non-hydrogen) atoms. The van der Waals surface area contributed by atoms with Crippen molar-refractivity contribution in [1.29, 1.82) is 0 Å². The molecule has 2 aromatic rings. The molecule has 1 aromatic carbocycles. The third-order valence-corrected chi connectivity index (χ3v) is 2.41. The molecule has 5 heteroatoms. The second kappa shape index (κ2) is 4.69. The highest BCUT2D eigenvalue weighted by Gasteiger charge is 2.15. The molecule has 0 aliphatic heterocycles. The summed E-state index contributed by atoms with van der Waals surface area (Å²) in [6, 6.07) is 9.24. The molecule has 0 saturated heterocycles. The Morgan fingerprint density at radius 3 is 2.76 bits per heavy atom. The number of benzene rings is 1. The fourth-order valence-corrected chi connectivity index (χ4v) is 1.48. The van der Waals surface area contributed by atoms with Crippen molar-refractivity contribution in [2.45, 2.75) is 6.61 Å². The minimum atomic E-state index is -0.996. The van der Waals surface area contributed by atoms with E-state index in [1.54, 1.807) is 7.05 Å². The van der Waals surface area contributed by atoms with Gasteiger partial charge >= 0.3 is 5.97 Å². The number of hydrogen-bond acceptors (Lipinski definition) is 3. The van der Waals surface area contributed by atoms with Crippen LogP contribution in [0.5, 0.6) is 5.75 Å². The van der Waals surface area contributed by atoms with Crippen LogP contribution in [0.25, 0.3) is 0 Å². The summed E-state index contributed by atoms with van der Waals surface area (Å²) in [5.41, 5.74) is 0.713. The van der Waals surface area contributed by atoms with E-state index in [1.807, 2.05) is 30.3 Å². The van der Waals surface area contributed by atoms with Gasteiger partial charge in [0.05, 0.1) is 11.9 Å². The van der Waals surface area contributed by atoms with Crippen molar-refractivity contribution in [3.05, 3.63) is 47.8 Å². The highest BCUT2D eigenvalue weighted by atomic mass is 16.5. The topological polar surface area (TPSA) is 64.4 Å². The summed E-state index contributed by atoms with van der Waals surface area (Å²) in [6.07, 6.45) is 1.33. The molecule has 1 N–H and O–H groups in total. The number of hydrogen-bond donors (Lipinski definition) is 1. The summed E-state index contributed by atoms with van der Waals surface area (Å²) in [5, 5.41) is 12.9. The largest absolute Gasteiger partial charge is 0.487 e. The first kappa shape index (κ1) is 11.2. The second-order valence-electron chi connectivity index (χ2n) is 3.54. The number of rotatable bonds is 4. The molecule has 0 radical (unpaired) electrons. The molecule has 0 amide bonds. The molecule has 0 unspecified atom stereocenters. The normalized spacial score (nSPS) is 10.2. The maximum Gasteiger partial charge on any atom is 0.339 e. The average molecular weight is 232 g/mol. The Morgan fingerprint density at radius 2 is 2.12 bits per heavy atom. The van der Waals surface area contributed by atoms with Crippen LogP contribution >= 0.6 is 0 Å². The van der Waals surface area contributed by atoms with E-state index < -0.39 is 5.97 Å². The highest BCUT2D eigenvalue weighted by molar-refractivity contribution is 5.88. The maximum absolute atomic E-state index is 10.9. The lowest BCUT2D eigenvalue weighted by atomic mass is 10.2. The predicted molar refractivity (Wildman–Crippen MR) is 60.9 cm³/mol. The van der Waals surface area contributed by atoms with E-state index in [0.29, 0.717) is 11.4 Å². The first-order valence-electron chi connectivity index (χ1n) is 5.10. The third-order valence-electron chi connectivity index (χ3n) is 2.41. The van der Waals surface area contributed by atoms with Crippen molar-refractivity contribution in [3.63, 3.8) is 0 Å². The lowest BCUT2D eigenvalue weighted by Crippen LogP contribution is -2.08. The molecular weight excluding hydrogens is 220 g/mol. The van der Waals surface area contributed by atoms with Gasteiger partial charge in [-0.2, -0.15) is 5.10 Å². The van der Waals surface area contributed by atoms with Crippen LogP contribution in [0.1, 0.15) is 16.1 Å². The SMILES string of the molecule is Cn1ncc(C(=O)O)c1COc1ccccc1. The smallest absolute Gasteiger partial charge is 0.339 e. The van der Waals surface area contributed by atoms with Gasteiger partial charge in [0, 0.05) is 7.05 Å². The van der Waals surface area contributed by atoms with Gasteiger partial charge in [0.25, 0.3) is 0 Å². The van der Waals surface area contributed by atoms with E-state index in [9.17, 15) is 4.79 Å². The van der Waals surface area contributed by atoms with Gasteiger partial charge in [-0.15, -0.1) is 0 Å². The van der Waals surface area contributed by atoms with Gasteiger partial charge in [-0.1, -0.05) is 18.2 Å². The van der Waals surface area contributed by atoms with Crippen LogP contribution in [-0.4, -0.2) is 20.9 Å². The number of aryl methyl sites for hydroxylation is 1. The summed E-state index contributed by atoms with van der Waals surface area (Å²) in [4.78, 5) is 10.9. The molecule has 0 aliphatic carbocycles. The van der Waals surface area contributed by atoms with Gasteiger partial charge in [0.1, 0.15) is 17.9 Å². The van der Waals surface area contributed by atoms with E-state index in [1.165, 1.54) is 10.9 Å². The number of aromatic carboxylic acids is 1. The van der Waals surface area contributed by atoms with E-state index in [0.717, 1.165) is 0 Å². The Labute approximate surface area is 98.3 Å². The second-order valence-corrected chi connectivity index (χ2v) is 3.54. The Hall–Kier alpha value is -2.30. The van der Waals surface area contributed by atoms with Gasteiger partial charge in [-0.05, 0) is 12.1 Å². The summed E-state index contributed by atoms with van der Waals surface area (Å²) in [7, 11) is 1.69. The van der Waals surface area contributed by atoms with E-state index >= 15 is 0 Å². The zero-order valence-corrected chi connectivity index (χ0v) is 9.33. The lowest BCUT2D eigenvalue weighted by molar-refractivity contribution is 0.0693. The fraction of sp³-hybridized carbons (Fsp3) is 0.167. The summed E-state index contributed by atoms with van der Waals surface area (Å²) >= 11 is 0. The highest BCUT2D eigenvalue weighted by Crippen LogP contribution is 2.14. The molecule has 0 spiro atoms. The van der Waals surface area contributed by atoms with Crippen molar-refractivity contribution >= 4 is 5.97 Å². The third kappa shape index (κ3) is 2.44. The number of carboxylic acids is 1.